The van der Waals surface area contributed by atoms with Crippen molar-refractivity contribution < 1.29 is 4.74 Å². The summed E-state index contributed by atoms with van der Waals surface area (Å²) in [5.74, 6) is 0. The van der Waals surface area contributed by atoms with Gasteiger partial charge in [0.1, 0.15) is 0 Å². The second-order valence-corrected chi connectivity index (χ2v) is 6.99. The highest BCUT2D eigenvalue weighted by molar-refractivity contribution is 5.30. The Balaban J connectivity index is 2.15. The van der Waals surface area contributed by atoms with Gasteiger partial charge in [0.2, 0.25) is 0 Å². The monoisotopic (exact) mass is 289 g/mol. The normalized spacial score (nSPS) is 19.0. The molecule has 2 heteroatoms. The first-order valence-electron chi connectivity index (χ1n) is 8.38. The molecule has 1 atom stereocenters. The van der Waals surface area contributed by atoms with Crippen LogP contribution < -0.4 is 5.32 Å². The molecule has 1 aliphatic carbocycles. The maximum atomic E-state index is 5.61. The number of rotatable bonds is 8. The molecule has 118 valence electrons. The molecule has 1 N–H and O–H groups in total. The van der Waals surface area contributed by atoms with Gasteiger partial charge in [-0.25, -0.2) is 0 Å². The molecule has 0 bridgehead atoms. The van der Waals surface area contributed by atoms with Crippen molar-refractivity contribution in [2.24, 2.45) is 0 Å². The number of likely N-dealkylation sites (N-methyl/N-ethyl adjacent to an activating group) is 1. The first kappa shape index (κ1) is 16.5. The van der Waals surface area contributed by atoms with E-state index in [1.807, 2.05) is 7.11 Å². The molecule has 1 aromatic rings. The van der Waals surface area contributed by atoms with Gasteiger partial charge in [-0.05, 0) is 51.6 Å². The summed E-state index contributed by atoms with van der Waals surface area (Å²) < 4.78 is 5.61. The smallest absolute Gasteiger partial charge is 0.0623 e. The van der Waals surface area contributed by atoms with Crippen LogP contribution in [-0.4, -0.2) is 25.3 Å². The van der Waals surface area contributed by atoms with Crippen molar-refractivity contribution in [3.05, 3.63) is 35.9 Å². The van der Waals surface area contributed by atoms with E-state index in [2.05, 4.69) is 56.4 Å². The maximum Gasteiger partial charge on any atom is 0.0623 e. The quantitative estimate of drug-likeness (QED) is 0.771. The lowest BCUT2D eigenvalue weighted by Gasteiger charge is -2.49. The molecule has 1 fully saturated rings. The van der Waals surface area contributed by atoms with Crippen molar-refractivity contribution in [2.45, 2.75) is 69.9 Å². The van der Waals surface area contributed by atoms with Gasteiger partial charge in [-0.3, -0.25) is 0 Å². The first-order valence-corrected chi connectivity index (χ1v) is 8.38. The molecular weight excluding hydrogens is 258 g/mol. The average molecular weight is 289 g/mol. The van der Waals surface area contributed by atoms with Gasteiger partial charge in [-0.1, -0.05) is 43.7 Å². The van der Waals surface area contributed by atoms with E-state index in [-0.39, 0.29) is 5.60 Å². The van der Waals surface area contributed by atoms with Crippen LogP contribution in [0.15, 0.2) is 30.3 Å². The summed E-state index contributed by atoms with van der Waals surface area (Å²) in [6.07, 6.45) is 6.23. The third-order valence-corrected chi connectivity index (χ3v) is 5.30. The number of hydrogen-bond donors (Lipinski definition) is 1. The highest BCUT2D eigenvalue weighted by atomic mass is 16.5. The Hall–Kier alpha value is -0.860. The van der Waals surface area contributed by atoms with Crippen LogP contribution in [0.2, 0.25) is 0 Å². The Morgan fingerprint density at radius 1 is 1.24 bits per heavy atom. The zero-order valence-corrected chi connectivity index (χ0v) is 14.1. The fourth-order valence-electron chi connectivity index (χ4n) is 3.58. The topological polar surface area (TPSA) is 21.3 Å². The standard InChI is InChI=1S/C19H31NO/c1-5-20-17(12-15-18(2,3)21-4)19(13-9-14-19)16-10-7-6-8-11-16/h6-8,10-11,17,20H,5,9,12-15H2,1-4H3. The molecule has 0 radical (unpaired) electrons. The molecule has 0 heterocycles. The molecule has 0 aliphatic heterocycles. The third kappa shape index (κ3) is 3.67. The van der Waals surface area contributed by atoms with Gasteiger partial charge in [0, 0.05) is 18.6 Å². The van der Waals surface area contributed by atoms with Gasteiger partial charge < -0.3 is 10.1 Å². The molecule has 1 aromatic carbocycles. The van der Waals surface area contributed by atoms with E-state index in [0.717, 1.165) is 13.0 Å². The molecule has 1 aliphatic rings. The summed E-state index contributed by atoms with van der Waals surface area (Å²) in [5, 5.41) is 3.76. The van der Waals surface area contributed by atoms with Crippen LogP contribution in [0, 0.1) is 0 Å². The van der Waals surface area contributed by atoms with Crippen LogP contribution in [0.25, 0.3) is 0 Å². The predicted molar refractivity (Wildman–Crippen MR) is 89.8 cm³/mol. The fourth-order valence-corrected chi connectivity index (χ4v) is 3.58. The third-order valence-electron chi connectivity index (χ3n) is 5.30. The van der Waals surface area contributed by atoms with Crippen molar-refractivity contribution in [1.82, 2.24) is 5.32 Å². The van der Waals surface area contributed by atoms with E-state index >= 15 is 0 Å². The van der Waals surface area contributed by atoms with Gasteiger partial charge in [0.25, 0.3) is 0 Å². The molecule has 0 spiro atoms. The van der Waals surface area contributed by atoms with Crippen LogP contribution in [0.3, 0.4) is 0 Å². The summed E-state index contributed by atoms with van der Waals surface area (Å²) in [7, 11) is 1.82. The summed E-state index contributed by atoms with van der Waals surface area (Å²) in [5.41, 5.74) is 1.81. The Labute approximate surface area is 130 Å². The molecule has 21 heavy (non-hydrogen) atoms. The van der Waals surface area contributed by atoms with Gasteiger partial charge in [-0.2, -0.15) is 0 Å². The van der Waals surface area contributed by atoms with Gasteiger partial charge >= 0.3 is 0 Å². The van der Waals surface area contributed by atoms with Gasteiger partial charge in [0.15, 0.2) is 0 Å². The number of nitrogens with one attached hydrogen (secondary N) is 1. The minimum atomic E-state index is -0.0324. The van der Waals surface area contributed by atoms with E-state index in [9.17, 15) is 0 Å². The van der Waals surface area contributed by atoms with Crippen molar-refractivity contribution in [2.75, 3.05) is 13.7 Å². The van der Waals surface area contributed by atoms with E-state index < -0.39 is 0 Å². The van der Waals surface area contributed by atoms with Crippen LogP contribution in [0.4, 0.5) is 0 Å². The van der Waals surface area contributed by atoms with Crippen molar-refractivity contribution in [3.8, 4) is 0 Å². The lowest BCUT2D eigenvalue weighted by molar-refractivity contribution is 0.00685. The summed E-state index contributed by atoms with van der Waals surface area (Å²) in [6.45, 7) is 7.62. The van der Waals surface area contributed by atoms with Crippen molar-refractivity contribution >= 4 is 0 Å². The minimum Gasteiger partial charge on any atom is -0.379 e. The molecule has 2 rings (SSSR count). The number of hydrogen-bond acceptors (Lipinski definition) is 2. The van der Waals surface area contributed by atoms with Gasteiger partial charge in [-0.15, -0.1) is 0 Å². The predicted octanol–water partition coefficient (Wildman–Crippen LogP) is 4.29. The molecule has 0 aromatic heterocycles. The van der Waals surface area contributed by atoms with Crippen LogP contribution >= 0.6 is 0 Å². The van der Waals surface area contributed by atoms with Crippen LogP contribution in [0.5, 0.6) is 0 Å². The molecule has 0 amide bonds. The SMILES string of the molecule is CCNC(CCC(C)(C)OC)C1(c2ccccc2)CCC1. The van der Waals surface area contributed by atoms with Crippen LogP contribution in [0.1, 0.15) is 58.4 Å². The Morgan fingerprint density at radius 3 is 2.38 bits per heavy atom. The van der Waals surface area contributed by atoms with Gasteiger partial charge in [0.05, 0.1) is 5.60 Å². The Morgan fingerprint density at radius 2 is 1.90 bits per heavy atom. The number of ether oxygens (including phenoxy) is 1. The van der Waals surface area contributed by atoms with E-state index in [0.29, 0.717) is 11.5 Å². The number of benzene rings is 1. The minimum absolute atomic E-state index is 0.0324. The van der Waals surface area contributed by atoms with E-state index in [4.69, 9.17) is 4.74 Å². The highest BCUT2D eigenvalue weighted by Crippen LogP contribution is 2.47. The molecular formula is C19H31NO. The summed E-state index contributed by atoms with van der Waals surface area (Å²) >= 11 is 0. The second kappa shape index (κ2) is 6.93. The lowest BCUT2D eigenvalue weighted by atomic mass is 9.59. The fraction of sp³-hybridized carbons (Fsp3) is 0.684. The largest absolute Gasteiger partial charge is 0.379 e. The maximum absolute atomic E-state index is 5.61. The van der Waals surface area contributed by atoms with Crippen molar-refractivity contribution in [3.63, 3.8) is 0 Å². The highest BCUT2D eigenvalue weighted by Gasteiger charge is 2.45. The van der Waals surface area contributed by atoms with E-state index in [1.165, 1.54) is 31.2 Å². The second-order valence-electron chi connectivity index (χ2n) is 6.99. The molecule has 0 saturated heterocycles. The Kier molecular flexibility index (Phi) is 5.45. The molecule has 2 nitrogen and oxygen atoms in total. The molecule has 1 saturated carbocycles. The van der Waals surface area contributed by atoms with E-state index in [1.54, 1.807) is 0 Å². The zero-order valence-electron chi connectivity index (χ0n) is 14.1. The lowest BCUT2D eigenvalue weighted by Crippen LogP contribution is -2.53. The van der Waals surface area contributed by atoms with Crippen LogP contribution in [-0.2, 0) is 10.2 Å². The zero-order chi connectivity index (χ0) is 15.3. The van der Waals surface area contributed by atoms with Crippen molar-refractivity contribution in [1.29, 1.82) is 0 Å². The molecule has 1 unspecified atom stereocenters. The average Bonchev–Trinajstić information content (AvgIpc) is 2.45. The first-order chi connectivity index (χ1) is 10.0. The number of methoxy groups -OCH3 is 1. The summed E-state index contributed by atoms with van der Waals surface area (Å²) in [4.78, 5) is 0. The summed E-state index contributed by atoms with van der Waals surface area (Å²) in [6, 6.07) is 11.6. The Bertz CT molecular complexity index is 422.